The van der Waals surface area contributed by atoms with Crippen LogP contribution in [0.1, 0.15) is 37.8 Å². The van der Waals surface area contributed by atoms with Crippen LogP contribution in [0, 0.1) is 11.2 Å². The molecule has 4 nitrogen and oxygen atoms in total. The van der Waals surface area contributed by atoms with Gasteiger partial charge in [-0.2, -0.15) is 0 Å². The molecule has 27 heavy (non-hydrogen) atoms. The molecule has 0 spiro atoms. The average molecular weight is 368 g/mol. The first-order valence-corrected chi connectivity index (χ1v) is 9.14. The van der Waals surface area contributed by atoms with Crippen LogP contribution in [0.25, 0.3) is 0 Å². The Morgan fingerprint density at radius 2 is 1.67 bits per heavy atom. The normalized spacial score (nSPS) is 20.1. The Hall–Kier alpha value is -2.69. The summed E-state index contributed by atoms with van der Waals surface area (Å²) in [6, 6.07) is 15.8. The third-order valence-electron chi connectivity index (χ3n) is 5.57. The third-order valence-corrected chi connectivity index (χ3v) is 5.57. The molecule has 0 bridgehead atoms. The van der Waals surface area contributed by atoms with E-state index in [0.29, 0.717) is 13.0 Å². The molecule has 1 fully saturated rings. The first kappa shape index (κ1) is 19.1. The molecule has 1 unspecified atom stereocenters. The van der Waals surface area contributed by atoms with Crippen molar-refractivity contribution in [3.63, 3.8) is 0 Å². The second-order valence-corrected chi connectivity index (χ2v) is 7.90. The second-order valence-electron chi connectivity index (χ2n) is 7.90. The van der Waals surface area contributed by atoms with Crippen LogP contribution in [0.15, 0.2) is 54.6 Å². The van der Waals surface area contributed by atoms with Crippen LogP contribution in [-0.4, -0.2) is 23.3 Å². The molecular formula is C22H25FN2O2. The molecule has 1 aliphatic rings. The summed E-state index contributed by atoms with van der Waals surface area (Å²) in [6.07, 6.45) is 0.796. The Kier molecular flexibility index (Phi) is 5.05. The van der Waals surface area contributed by atoms with E-state index in [-0.39, 0.29) is 30.1 Å². The summed E-state index contributed by atoms with van der Waals surface area (Å²) < 4.78 is 13.4. The number of hydrogen-bond donors (Lipinski definition) is 1. The van der Waals surface area contributed by atoms with Gasteiger partial charge in [0.2, 0.25) is 11.8 Å². The lowest BCUT2D eigenvalue weighted by atomic mass is 9.86. The fourth-order valence-electron chi connectivity index (χ4n) is 3.91. The molecule has 0 radical (unpaired) electrons. The number of hydrogen-bond acceptors (Lipinski definition) is 2. The Labute approximate surface area is 159 Å². The van der Waals surface area contributed by atoms with Crippen molar-refractivity contribution in [3.05, 3.63) is 71.5 Å². The largest absolute Gasteiger partial charge is 0.370 e. The zero-order valence-electron chi connectivity index (χ0n) is 15.7. The summed E-state index contributed by atoms with van der Waals surface area (Å²) in [5.74, 6) is -0.800. The van der Waals surface area contributed by atoms with E-state index in [4.69, 9.17) is 5.73 Å². The standard InChI is InChI=1S/C22H25FN2O2/c1-21(2)15-22(21,17-8-10-18(23)11-9-17)20(27)25(13-12-19(24)26)14-16-6-4-3-5-7-16/h3-11H,12-15H2,1-2H3,(H2,24,26). The SMILES string of the molecule is CC1(C)CC1(C(=O)N(CCC(N)=O)Cc1ccccc1)c1ccc(F)cc1. The van der Waals surface area contributed by atoms with Gasteiger partial charge in [-0.3, -0.25) is 9.59 Å². The lowest BCUT2D eigenvalue weighted by Gasteiger charge is -2.30. The van der Waals surface area contributed by atoms with E-state index in [0.717, 1.165) is 11.1 Å². The van der Waals surface area contributed by atoms with Gasteiger partial charge in [0.1, 0.15) is 5.82 Å². The summed E-state index contributed by atoms with van der Waals surface area (Å²) in [7, 11) is 0. The highest BCUT2D eigenvalue weighted by Crippen LogP contribution is 2.65. The Morgan fingerprint density at radius 3 is 2.19 bits per heavy atom. The molecule has 142 valence electrons. The molecule has 3 rings (SSSR count). The molecule has 2 aromatic rings. The van der Waals surface area contributed by atoms with Crippen LogP contribution < -0.4 is 5.73 Å². The average Bonchev–Trinajstić information content (AvgIpc) is 3.23. The van der Waals surface area contributed by atoms with Gasteiger partial charge in [0.15, 0.2) is 0 Å². The minimum atomic E-state index is -0.701. The minimum Gasteiger partial charge on any atom is -0.370 e. The molecule has 2 amide bonds. The minimum absolute atomic E-state index is 0.0378. The lowest BCUT2D eigenvalue weighted by molar-refractivity contribution is -0.136. The number of benzene rings is 2. The Balaban J connectivity index is 1.93. The van der Waals surface area contributed by atoms with Gasteiger partial charge in [-0.15, -0.1) is 0 Å². The van der Waals surface area contributed by atoms with Gasteiger partial charge in [0, 0.05) is 19.5 Å². The molecule has 0 aromatic heterocycles. The Bertz CT molecular complexity index is 833. The van der Waals surface area contributed by atoms with Gasteiger partial charge in [0.25, 0.3) is 0 Å². The first-order valence-electron chi connectivity index (χ1n) is 9.14. The zero-order chi connectivity index (χ0) is 19.7. The molecule has 1 saturated carbocycles. The van der Waals surface area contributed by atoms with Gasteiger partial charge in [-0.25, -0.2) is 4.39 Å². The highest BCUT2D eigenvalue weighted by molar-refractivity contribution is 5.93. The highest BCUT2D eigenvalue weighted by atomic mass is 19.1. The number of primary amides is 1. The molecule has 2 N–H and O–H groups in total. The number of carbonyl (C=O) groups excluding carboxylic acids is 2. The number of nitrogens with zero attached hydrogens (tertiary/aromatic N) is 1. The van der Waals surface area contributed by atoms with Gasteiger partial charge in [-0.05, 0) is 35.1 Å². The predicted molar refractivity (Wildman–Crippen MR) is 102 cm³/mol. The molecule has 0 aliphatic heterocycles. The van der Waals surface area contributed by atoms with Crippen molar-refractivity contribution in [2.45, 2.75) is 38.6 Å². The first-order chi connectivity index (χ1) is 12.8. The van der Waals surface area contributed by atoms with Gasteiger partial charge in [0.05, 0.1) is 5.41 Å². The molecule has 2 aromatic carbocycles. The van der Waals surface area contributed by atoms with Crippen molar-refractivity contribution in [1.29, 1.82) is 0 Å². The van der Waals surface area contributed by atoms with Crippen molar-refractivity contribution >= 4 is 11.8 Å². The summed E-state index contributed by atoms with van der Waals surface area (Å²) in [6.45, 7) is 4.76. The van der Waals surface area contributed by atoms with E-state index in [1.54, 1.807) is 17.0 Å². The molecule has 0 heterocycles. The van der Waals surface area contributed by atoms with Crippen LogP contribution in [0.5, 0.6) is 0 Å². The van der Waals surface area contributed by atoms with E-state index in [2.05, 4.69) is 0 Å². The van der Waals surface area contributed by atoms with Crippen molar-refractivity contribution in [1.82, 2.24) is 4.90 Å². The summed E-state index contributed by atoms with van der Waals surface area (Å²) in [5.41, 5.74) is 6.19. The summed E-state index contributed by atoms with van der Waals surface area (Å²) >= 11 is 0. The van der Waals surface area contributed by atoms with Crippen molar-refractivity contribution in [3.8, 4) is 0 Å². The summed E-state index contributed by atoms with van der Waals surface area (Å²) in [4.78, 5) is 26.7. The number of carbonyl (C=O) groups is 2. The van der Waals surface area contributed by atoms with Crippen molar-refractivity contribution in [2.75, 3.05) is 6.54 Å². The van der Waals surface area contributed by atoms with E-state index in [9.17, 15) is 14.0 Å². The molecule has 1 atom stereocenters. The van der Waals surface area contributed by atoms with E-state index in [1.807, 2.05) is 44.2 Å². The van der Waals surface area contributed by atoms with Crippen LogP contribution in [0.3, 0.4) is 0 Å². The van der Waals surface area contributed by atoms with Crippen molar-refractivity contribution in [2.24, 2.45) is 11.1 Å². The maximum absolute atomic E-state index is 13.6. The van der Waals surface area contributed by atoms with E-state index >= 15 is 0 Å². The van der Waals surface area contributed by atoms with Crippen molar-refractivity contribution < 1.29 is 14.0 Å². The monoisotopic (exact) mass is 368 g/mol. The molecule has 0 saturated heterocycles. The topological polar surface area (TPSA) is 63.4 Å². The second kappa shape index (κ2) is 7.14. The maximum Gasteiger partial charge on any atom is 0.234 e. The van der Waals surface area contributed by atoms with Gasteiger partial charge < -0.3 is 10.6 Å². The summed E-state index contributed by atoms with van der Waals surface area (Å²) in [5, 5.41) is 0. The number of nitrogens with two attached hydrogens (primary N) is 1. The van der Waals surface area contributed by atoms with Crippen LogP contribution >= 0.6 is 0 Å². The fraction of sp³-hybridized carbons (Fsp3) is 0.364. The van der Waals surface area contributed by atoms with Crippen LogP contribution in [0.2, 0.25) is 0 Å². The quantitative estimate of drug-likeness (QED) is 0.814. The van der Waals surface area contributed by atoms with Gasteiger partial charge in [-0.1, -0.05) is 56.3 Å². The third kappa shape index (κ3) is 3.72. The van der Waals surface area contributed by atoms with Crippen LogP contribution in [0.4, 0.5) is 4.39 Å². The smallest absolute Gasteiger partial charge is 0.234 e. The van der Waals surface area contributed by atoms with E-state index in [1.165, 1.54) is 12.1 Å². The fourth-order valence-corrected chi connectivity index (χ4v) is 3.91. The maximum atomic E-state index is 13.6. The Morgan fingerprint density at radius 1 is 1.07 bits per heavy atom. The zero-order valence-corrected chi connectivity index (χ0v) is 15.7. The van der Waals surface area contributed by atoms with Gasteiger partial charge >= 0.3 is 0 Å². The molecule has 1 aliphatic carbocycles. The van der Waals surface area contributed by atoms with Crippen LogP contribution in [-0.2, 0) is 21.5 Å². The van der Waals surface area contributed by atoms with E-state index < -0.39 is 11.3 Å². The molecular weight excluding hydrogens is 343 g/mol. The molecule has 5 heteroatoms. The lowest BCUT2D eigenvalue weighted by Crippen LogP contribution is -2.42. The highest BCUT2D eigenvalue weighted by Gasteiger charge is 2.67. The number of halogens is 1. The number of rotatable bonds is 7. The predicted octanol–water partition coefficient (Wildman–Crippen LogP) is 3.40. The number of amides is 2.